The first-order chi connectivity index (χ1) is 18.7. The third-order valence-corrected chi connectivity index (χ3v) is 8.24. The number of nitrogens with zero attached hydrogens (tertiary/aromatic N) is 5. The third-order valence-electron chi connectivity index (χ3n) is 8.24. The van der Waals surface area contributed by atoms with Crippen LogP contribution in [0.1, 0.15) is 61.4 Å². The molecule has 2 fully saturated rings. The van der Waals surface area contributed by atoms with Crippen LogP contribution in [0.2, 0.25) is 0 Å². The summed E-state index contributed by atoms with van der Waals surface area (Å²) in [5.74, 6) is -4.30. The van der Waals surface area contributed by atoms with Crippen molar-refractivity contribution in [1.82, 2.24) is 20.2 Å². The molecule has 2 aliphatic heterocycles. The summed E-state index contributed by atoms with van der Waals surface area (Å²) >= 11 is 0. The molecule has 1 saturated carbocycles. The second-order valence-corrected chi connectivity index (χ2v) is 10.9. The van der Waals surface area contributed by atoms with Gasteiger partial charge in [-0.2, -0.15) is 13.8 Å². The number of aryl methyl sites for hydroxylation is 1. The van der Waals surface area contributed by atoms with Crippen molar-refractivity contribution in [2.45, 2.75) is 70.4 Å². The van der Waals surface area contributed by atoms with Gasteiger partial charge in [0.2, 0.25) is 5.95 Å². The van der Waals surface area contributed by atoms with E-state index in [1.807, 2.05) is 13.0 Å². The Morgan fingerprint density at radius 2 is 1.87 bits per heavy atom. The molecule has 2 N–H and O–H groups in total. The minimum atomic E-state index is -3.52. The number of rotatable bonds is 6. The van der Waals surface area contributed by atoms with E-state index in [-0.39, 0.29) is 29.6 Å². The molecule has 9 nitrogen and oxygen atoms in total. The number of nitrogens with one attached hydrogen (secondary N) is 2. The number of anilines is 4. The molecule has 0 unspecified atom stereocenters. The molecule has 0 radical (unpaired) electrons. The second kappa shape index (κ2) is 11.0. The van der Waals surface area contributed by atoms with E-state index in [1.54, 1.807) is 17.0 Å². The summed E-state index contributed by atoms with van der Waals surface area (Å²) in [4.78, 5) is 39.3. The number of hydrogen-bond acceptors (Lipinski definition) is 7. The number of fused-ring (bicyclic) bond motifs is 1. The maximum atomic E-state index is 14.8. The molecule has 2 aromatic rings. The summed E-state index contributed by atoms with van der Waals surface area (Å²) < 4.78 is 29.7. The Bertz CT molecular complexity index is 1230. The van der Waals surface area contributed by atoms with Crippen LogP contribution in [-0.4, -0.2) is 77.9 Å². The Balaban J connectivity index is 1.34. The number of piperidine rings is 1. The van der Waals surface area contributed by atoms with E-state index in [4.69, 9.17) is 0 Å². The van der Waals surface area contributed by atoms with Crippen molar-refractivity contribution in [1.29, 1.82) is 0 Å². The Morgan fingerprint density at radius 3 is 2.54 bits per heavy atom. The first-order valence-corrected chi connectivity index (χ1v) is 13.9. The Hall–Kier alpha value is -3.34. The van der Waals surface area contributed by atoms with Gasteiger partial charge in [-0.05, 0) is 62.9 Å². The molecule has 1 aromatic heterocycles. The molecule has 1 aromatic carbocycles. The lowest BCUT2D eigenvalue weighted by Crippen LogP contribution is -2.48. The van der Waals surface area contributed by atoms with E-state index in [0.29, 0.717) is 17.1 Å². The SMILES string of the molecule is CCN1CCC(NC(=O)c2ccc(Nc3ncc4c(n3)N(C3CCCC3)CC(F)(F)C(=O)N4C)c(C)c2)CC1. The largest absolute Gasteiger partial charge is 0.349 e. The van der Waals surface area contributed by atoms with Crippen LogP contribution in [0, 0.1) is 6.92 Å². The highest BCUT2D eigenvalue weighted by molar-refractivity contribution is 6.02. The highest BCUT2D eigenvalue weighted by atomic mass is 19.3. The minimum absolute atomic E-state index is 0.0956. The molecule has 3 heterocycles. The Labute approximate surface area is 228 Å². The first kappa shape index (κ1) is 27.2. The van der Waals surface area contributed by atoms with E-state index in [1.165, 1.54) is 13.2 Å². The average molecular weight is 542 g/mol. The van der Waals surface area contributed by atoms with Gasteiger partial charge < -0.3 is 25.3 Å². The third kappa shape index (κ3) is 5.68. The van der Waals surface area contributed by atoms with Crippen LogP contribution in [0.5, 0.6) is 0 Å². The maximum absolute atomic E-state index is 14.8. The second-order valence-electron chi connectivity index (χ2n) is 10.9. The monoisotopic (exact) mass is 541 g/mol. The molecule has 0 spiro atoms. The lowest BCUT2D eigenvalue weighted by molar-refractivity contribution is -0.140. The minimum Gasteiger partial charge on any atom is -0.349 e. The number of aromatic nitrogens is 2. The van der Waals surface area contributed by atoms with E-state index in [2.05, 4.69) is 32.4 Å². The topological polar surface area (TPSA) is 93.7 Å². The van der Waals surface area contributed by atoms with Crippen molar-refractivity contribution < 1.29 is 18.4 Å². The van der Waals surface area contributed by atoms with Gasteiger partial charge in [0, 0.05) is 43.5 Å². The number of likely N-dealkylation sites (tertiary alicyclic amines) is 1. The van der Waals surface area contributed by atoms with Gasteiger partial charge in [-0.3, -0.25) is 9.59 Å². The highest BCUT2D eigenvalue weighted by Crippen LogP contribution is 2.39. The van der Waals surface area contributed by atoms with Crippen molar-refractivity contribution in [3.63, 3.8) is 0 Å². The number of alkyl halides is 2. The predicted molar refractivity (Wildman–Crippen MR) is 147 cm³/mol. The molecule has 1 saturated heterocycles. The van der Waals surface area contributed by atoms with Gasteiger partial charge in [-0.15, -0.1) is 0 Å². The van der Waals surface area contributed by atoms with Crippen molar-refractivity contribution in [3.8, 4) is 0 Å². The molecule has 0 bridgehead atoms. The fraction of sp³-hybridized carbons (Fsp3) is 0.571. The average Bonchev–Trinajstić information content (AvgIpc) is 3.45. The number of amides is 2. The van der Waals surface area contributed by atoms with Crippen LogP contribution in [-0.2, 0) is 4.79 Å². The van der Waals surface area contributed by atoms with Crippen LogP contribution in [0.3, 0.4) is 0 Å². The molecular weight excluding hydrogens is 504 g/mol. The van der Waals surface area contributed by atoms with E-state index >= 15 is 0 Å². The summed E-state index contributed by atoms with van der Waals surface area (Å²) in [5, 5.41) is 6.33. The smallest absolute Gasteiger partial charge is 0.342 e. The zero-order chi connectivity index (χ0) is 27.7. The molecule has 1 aliphatic carbocycles. The van der Waals surface area contributed by atoms with Crippen molar-refractivity contribution in [2.75, 3.05) is 48.3 Å². The molecule has 3 aliphatic rings. The van der Waals surface area contributed by atoms with Gasteiger partial charge in [0.25, 0.3) is 11.8 Å². The van der Waals surface area contributed by atoms with Crippen molar-refractivity contribution in [2.24, 2.45) is 0 Å². The van der Waals surface area contributed by atoms with E-state index in [0.717, 1.165) is 68.6 Å². The standard InChI is InChI=1S/C28H37F2N7O2/c1-4-36-13-11-20(12-14-36)32-25(38)19-9-10-22(18(2)15-19)33-27-31-16-23-24(34-27)37(21-7-5-6-8-21)17-28(29,30)26(39)35(23)3/h9-10,15-16,20-21H,4-8,11-14,17H2,1-3H3,(H,32,38)(H,31,33,34). The zero-order valence-corrected chi connectivity index (χ0v) is 22.8. The van der Waals surface area contributed by atoms with Gasteiger partial charge in [-0.1, -0.05) is 19.8 Å². The fourth-order valence-corrected chi connectivity index (χ4v) is 5.83. The Morgan fingerprint density at radius 1 is 1.15 bits per heavy atom. The molecule has 2 amide bonds. The number of benzene rings is 1. The lowest BCUT2D eigenvalue weighted by Gasteiger charge is -2.31. The maximum Gasteiger partial charge on any atom is 0.342 e. The summed E-state index contributed by atoms with van der Waals surface area (Å²) in [6, 6.07) is 5.45. The van der Waals surface area contributed by atoms with Crippen molar-refractivity contribution in [3.05, 3.63) is 35.5 Å². The highest BCUT2D eigenvalue weighted by Gasteiger charge is 2.48. The molecular formula is C28H37F2N7O2. The van der Waals surface area contributed by atoms with Crippen molar-refractivity contribution >= 4 is 35.0 Å². The number of hydrogen-bond donors (Lipinski definition) is 2. The Kier molecular flexibility index (Phi) is 7.70. The molecule has 39 heavy (non-hydrogen) atoms. The number of carbonyl (C=O) groups is 2. The van der Waals surface area contributed by atoms with Gasteiger partial charge in [0.1, 0.15) is 5.69 Å². The van der Waals surface area contributed by atoms with E-state index in [9.17, 15) is 18.4 Å². The normalized spacial score (nSPS) is 20.6. The fourth-order valence-electron chi connectivity index (χ4n) is 5.83. The van der Waals surface area contributed by atoms with Crippen LogP contribution >= 0.6 is 0 Å². The number of halogens is 2. The van der Waals surface area contributed by atoms with Gasteiger partial charge in [0.15, 0.2) is 5.82 Å². The van der Waals surface area contributed by atoms with Crippen LogP contribution in [0.15, 0.2) is 24.4 Å². The summed E-state index contributed by atoms with van der Waals surface area (Å²) in [6.45, 7) is 6.35. The molecule has 0 atom stereocenters. The molecule has 11 heteroatoms. The summed E-state index contributed by atoms with van der Waals surface area (Å²) in [5.41, 5.74) is 2.38. The van der Waals surface area contributed by atoms with Crippen LogP contribution < -0.4 is 20.4 Å². The molecule has 210 valence electrons. The van der Waals surface area contributed by atoms with Gasteiger partial charge in [0.05, 0.1) is 12.7 Å². The van der Waals surface area contributed by atoms with Gasteiger partial charge >= 0.3 is 5.92 Å². The lowest BCUT2D eigenvalue weighted by atomic mass is 10.0. The van der Waals surface area contributed by atoms with Crippen LogP contribution in [0.4, 0.5) is 31.9 Å². The van der Waals surface area contributed by atoms with Crippen LogP contribution in [0.25, 0.3) is 0 Å². The van der Waals surface area contributed by atoms with E-state index < -0.39 is 18.4 Å². The summed E-state index contributed by atoms with van der Waals surface area (Å²) in [6.07, 6.45) is 6.78. The number of carbonyl (C=O) groups excluding carboxylic acids is 2. The summed E-state index contributed by atoms with van der Waals surface area (Å²) in [7, 11) is 1.34. The quantitative estimate of drug-likeness (QED) is 0.569. The molecule has 5 rings (SSSR count). The van der Waals surface area contributed by atoms with Gasteiger partial charge in [-0.25, -0.2) is 4.98 Å². The first-order valence-electron chi connectivity index (χ1n) is 13.9. The zero-order valence-electron chi connectivity index (χ0n) is 22.8. The predicted octanol–water partition coefficient (Wildman–Crippen LogP) is 4.10.